The minimum atomic E-state index is -3.62. The number of piperidine rings is 1. The lowest BCUT2D eigenvalue weighted by atomic mass is 9.95. The van der Waals surface area contributed by atoms with Crippen molar-refractivity contribution in [2.24, 2.45) is 5.92 Å². The molecule has 2 aromatic carbocycles. The molecule has 1 aliphatic heterocycles. The minimum Gasteiger partial charge on any atom is -0.352 e. The summed E-state index contributed by atoms with van der Waals surface area (Å²) in [6.07, 6.45) is 4.27. The summed E-state index contributed by atoms with van der Waals surface area (Å²) in [6.45, 7) is 7.38. The molecule has 6 nitrogen and oxygen atoms in total. The Morgan fingerprint density at radius 2 is 1.58 bits per heavy atom. The van der Waals surface area contributed by atoms with Gasteiger partial charge in [-0.3, -0.25) is 4.79 Å². The van der Waals surface area contributed by atoms with Crippen LogP contribution in [0.25, 0.3) is 0 Å². The van der Waals surface area contributed by atoms with Gasteiger partial charge in [-0.25, -0.2) is 13.1 Å². The van der Waals surface area contributed by atoms with Crippen molar-refractivity contribution in [1.82, 2.24) is 15.4 Å². The summed E-state index contributed by atoms with van der Waals surface area (Å²) in [5, 5.41) is 6.47. The van der Waals surface area contributed by atoms with Crippen molar-refractivity contribution in [1.29, 1.82) is 0 Å². The number of hydrogen-bond acceptors (Lipinski definition) is 4. The van der Waals surface area contributed by atoms with Crippen LogP contribution < -0.4 is 15.4 Å². The highest BCUT2D eigenvalue weighted by Gasteiger charge is 2.32. The fourth-order valence-electron chi connectivity index (χ4n) is 5.09. The zero-order valence-electron chi connectivity index (χ0n) is 19.8. The number of sulfonamides is 1. The van der Waals surface area contributed by atoms with E-state index in [0.29, 0.717) is 19.5 Å². The van der Waals surface area contributed by atoms with Crippen LogP contribution in [0.5, 0.6) is 0 Å². The van der Waals surface area contributed by atoms with Crippen molar-refractivity contribution in [3.63, 3.8) is 0 Å². The molecule has 4 rings (SSSR count). The molecular weight excluding hydrogens is 434 g/mol. The Morgan fingerprint density at radius 3 is 2.15 bits per heavy atom. The predicted molar refractivity (Wildman–Crippen MR) is 131 cm³/mol. The smallest absolute Gasteiger partial charge is 0.240 e. The summed E-state index contributed by atoms with van der Waals surface area (Å²) >= 11 is 0. The molecule has 2 aliphatic rings. The maximum Gasteiger partial charge on any atom is 0.240 e. The lowest BCUT2D eigenvalue weighted by Crippen LogP contribution is -2.53. The van der Waals surface area contributed by atoms with E-state index in [1.807, 2.05) is 6.92 Å². The first-order valence-corrected chi connectivity index (χ1v) is 13.5. The van der Waals surface area contributed by atoms with Crippen molar-refractivity contribution in [2.45, 2.75) is 69.9 Å². The number of carbonyl (C=O) groups excluding carboxylic acids is 1. The molecule has 2 aromatic rings. The molecule has 0 saturated carbocycles. The highest BCUT2D eigenvalue weighted by Crippen LogP contribution is 2.27. The molecule has 1 amide bonds. The second kappa shape index (κ2) is 9.95. The molecule has 178 valence electrons. The summed E-state index contributed by atoms with van der Waals surface area (Å²) in [7, 11) is -3.62. The Hall–Kier alpha value is -2.22. The third kappa shape index (κ3) is 5.48. The number of hydrogen-bond donors (Lipinski definition) is 3. The van der Waals surface area contributed by atoms with Gasteiger partial charge in [0.2, 0.25) is 15.9 Å². The van der Waals surface area contributed by atoms with Crippen LogP contribution in [-0.4, -0.2) is 39.5 Å². The number of fused-ring (bicyclic) bond motifs is 1. The predicted octanol–water partition coefficient (Wildman–Crippen LogP) is 2.66. The third-order valence-electron chi connectivity index (χ3n) is 6.94. The minimum absolute atomic E-state index is 0.00553. The summed E-state index contributed by atoms with van der Waals surface area (Å²) in [5.74, 6) is -0.253. The summed E-state index contributed by atoms with van der Waals surface area (Å²) in [4.78, 5) is 13.3. The van der Waals surface area contributed by atoms with Gasteiger partial charge in [-0.15, -0.1) is 0 Å². The largest absolute Gasteiger partial charge is 0.352 e. The quantitative estimate of drug-likeness (QED) is 0.582. The van der Waals surface area contributed by atoms with Crippen LogP contribution in [0.15, 0.2) is 41.3 Å². The maximum absolute atomic E-state index is 13.0. The average Bonchev–Trinajstić information content (AvgIpc) is 3.19. The first kappa shape index (κ1) is 23.9. The van der Waals surface area contributed by atoms with E-state index in [-0.39, 0.29) is 28.8 Å². The van der Waals surface area contributed by atoms with Gasteiger partial charge in [-0.05, 0) is 73.4 Å². The van der Waals surface area contributed by atoms with Gasteiger partial charge < -0.3 is 10.6 Å². The van der Waals surface area contributed by atoms with Gasteiger partial charge in [-0.1, -0.05) is 43.7 Å². The van der Waals surface area contributed by atoms with E-state index >= 15 is 0 Å². The van der Waals surface area contributed by atoms with E-state index in [9.17, 15) is 13.2 Å². The molecule has 1 fully saturated rings. The van der Waals surface area contributed by atoms with Crippen molar-refractivity contribution in [2.75, 3.05) is 13.1 Å². The average molecular weight is 470 g/mol. The summed E-state index contributed by atoms with van der Waals surface area (Å²) in [5.41, 5.74) is 6.52. The summed E-state index contributed by atoms with van der Waals surface area (Å²) in [6, 6.07) is 11.2. The normalized spacial score (nSPS) is 21.1. The number of nitrogens with one attached hydrogen (secondary N) is 3. The highest BCUT2D eigenvalue weighted by molar-refractivity contribution is 7.89. The highest BCUT2D eigenvalue weighted by atomic mass is 32.2. The first-order valence-electron chi connectivity index (χ1n) is 12.0. The number of amides is 1. The van der Waals surface area contributed by atoms with Crippen LogP contribution in [0.3, 0.4) is 0 Å². The standard InChI is InChI=1S/C26H35N3O3S/c1-4-18-10-20-12-23(13-21(20)11-19(18)5-2)28-26(30)22-14-24(16-27-15-22)29-33(31,32)25-8-6-17(3)7-9-25/h6-11,22-24,27,29H,4-5,12-16H2,1-3H3,(H,28,30)/t22?,24-/m1/s1. The SMILES string of the molecule is CCc1cc2c(cc1CC)CC(NC(=O)C1CNC[C@H](NS(=O)(=O)c3ccc(C)cc3)C1)C2. The zero-order valence-corrected chi connectivity index (χ0v) is 20.6. The van der Waals surface area contributed by atoms with Crippen LogP contribution >= 0.6 is 0 Å². The van der Waals surface area contributed by atoms with Gasteiger partial charge in [0.25, 0.3) is 0 Å². The molecule has 1 saturated heterocycles. The monoisotopic (exact) mass is 469 g/mol. The van der Waals surface area contributed by atoms with Crippen molar-refractivity contribution in [3.8, 4) is 0 Å². The Balaban J connectivity index is 1.35. The van der Waals surface area contributed by atoms with Gasteiger partial charge in [0.1, 0.15) is 0 Å². The first-order chi connectivity index (χ1) is 15.8. The fraction of sp³-hybridized carbons (Fsp3) is 0.500. The number of carbonyl (C=O) groups is 1. The van der Waals surface area contributed by atoms with E-state index in [1.165, 1.54) is 22.3 Å². The van der Waals surface area contributed by atoms with Gasteiger partial charge in [0.05, 0.1) is 10.8 Å². The van der Waals surface area contributed by atoms with Crippen molar-refractivity contribution in [3.05, 3.63) is 64.2 Å². The molecule has 0 radical (unpaired) electrons. The molecule has 0 spiro atoms. The van der Waals surface area contributed by atoms with E-state index < -0.39 is 10.0 Å². The Kier molecular flexibility index (Phi) is 7.22. The van der Waals surface area contributed by atoms with E-state index in [2.05, 4.69) is 41.3 Å². The van der Waals surface area contributed by atoms with Gasteiger partial charge >= 0.3 is 0 Å². The molecule has 2 atom stereocenters. The molecule has 1 unspecified atom stereocenters. The van der Waals surface area contributed by atoms with Gasteiger partial charge in [-0.2, -0.15) is 0 Å². The van der Waals surface area contributed by atoms with E-state index in [0.717, 1.165) is 31.2 Å². The number of benzene rings is 2. The molecule has 0 bridgehead atoms. The van der Waals surface area contributed by atoms with Crippen LogP contribution in [-0.2, 0) is 40.5 Å². The molecule has 1 aliphatic carbocycles. The molecular formula is C26H35N3O3S. The van der Waals surface area contributed by atoms with E-state index in [4.69, 9.17) is 0 Å². The van der Waals surface area contributed by atoms with E-state index in [1.54, 1.807) is 24.3 Å². The zero-order chi connectivity index (χ0) is 23.6. The Bertz CT molecular complexity index is 1080. The third-order valence-corrected chi connectivity index (χ3v) is 8.47. The molecule has 1 heterocycles. The molecule has 7 heteroatoms. The van der Waals surface area contributed by atoms with Gasteiger partial charge in [0.15, 0.2) is 0 Å². The maximum atomic E-state index is 13.0. The number of rotatable bonds is 7. The lowest BCUT2D eigenvalue weighted by molar-refractivity contribution is -0.126. The molecule has 3 N–H and O–H groups in total. The van der Waals surface area contributed by atoms with Crippen LogP contribution in [0.2, 0.25) is 0 Å². The lowest BCUT2D eigenvalue weighted by Gasteiger charge is -2.30. The second-order valence-electron chi connectivity index (χ2n) is 9.43. The Labute approximate surface area is 197 Å². The Morgan fingerprint density at radius 1 is 0.970 bits per heavy atom. The summed E-state index contributed by atoms with van der Waals surface area (Å²) < 4.78 is 28.3. The molecule has 33 heavy (non-hydrogen) atoms. The van der Waals surface area contributed by atoms with Crippen LogP contribution in [0.4, 0.5) is 0 Å². The molecule has 0 aromatic heterocycles. The van der Waals surface area contributed by atoms with Gasteiger partial charge in [0, 0.05) is 25.2 Å². The fourth-order valence-corrected chi connectivity index (χ4v) is 6.34. The number of aryl methyl sites for hydroxylation is 3. The van der Waals surface area contributed by atoms with Crippen molar-refractivity contribution < 1.29 is 13.2 Å². The van der Waals surface area contributed by atoms with Crippen LogP contribution in [0.1, 0.15) is 48.1 Å². The second-order valence-corrected chi connectivity index (χ2v) is 11.1. The topological polar surface area (TPSA) is 87.3 Å². The van der Waals surface area contributed by atoms with Crippen LogP contribution in [0, 0.1) is 12.8 Å². The van der Waals surface area contributed by atoms with Crippen molar-refractivity contribution >= 4 is 15.9 Å².